The Balaban J connectivity index is 2.30. The molecule has 46 heavy (non-hydrogen) atoms. The number of pyridine rings is 1. The van der Waals surface area contributed by atoms with E-state index in [-0.39, 0.29) is 12.5 Å². The maximum absolute atomic E-state index is 14.7. The van der Waals surface area contributed by atoms with Gasteiger partial charge in [-0.25, -0.2) is 18.2 Å². The fourth-order valence-electron chi connectivity index (χ4n) is 3.99. The number of nitrogens with zero attached hydrogens (tertiary/aromatic N) is 3. The van der Waals surface area contributed by atoms with Crippen molar-refractivity contribution in [3.8, 4) is 11.6 Å². The Morgan fingerprint density at radius 2 is 1.72 bits per heavy atom. The Morgan fingerprint density at radius 1 is 1.09 bits per heavy atom. The number of benzene rings is 1. The van der Waals surface area contributed by atoms with Crippen molar-refractivity contribution in [2.24, 2.45) is 0 Å². The summed E-state index contributed by atoms with van der Waals surface area (Å²) >= 11 is 0. The van der Waals surface area contributed by atoms with Crippen LogP contribution in [0.15, 0.2) is 58.5 Å². The quantitative estimate of drug-likeness (QED) is 0.161. The minimum Gasteiger partial charge on any atom is -0.444 e. The first-order chi connectivity index (χ1) is 21.2. The Kier molecular flexibility index (Phi) is 10.6. The van der Waals surface area contributed by atoms with E-state index in [1.165, 1.54) is 39.8 Å². The molecule has 3 aromatic rings. The maximum atomic E-state index is 14.7. The fourth-order valence-corrected chi connectivity index (χ4v) is 5.51. The molecule has 1 aromatic carbocycles. The van der Waals surface area contributed by atoms with Crippen molar-refractivity contribution in [2.75, 3.05) is 5.32 Å². The molecule has 0 aliphatic heterocycles. The Bertz CT molecular complexity index is 1650. The van der Waals surface area contributed by atoms with Crippen molar-refractivity contribution < 1.29 is 53.4 Å². The third-order valence-electron chi connectivity index (χ3n) is 6.49. The number of halogens is 6. The lowest BCUT2D eigenvalue weighted by atomic mass is 9.98. The lowest BCUT2D eigenvalue weighted by Gasteiger charge is -2.31. The number of alkyl halides is 6. The molecule has 1 N–H and O–H groups in total. The molecule has 1 amide bonds. The third-order valence-corrected chi connectivity index (χ3v) is 8.74. The summed E-state index contributed by atoms with van der Waals surface area (Å²) in [6.45, 7) is 9.75. The van der Waals surface area contributed by atoms with Gasteiger partial charge in [-0.2, -0.15) is 26.3 Å². The number of rotatable bonds is 11. The maximum Gasteiger partial charge on any atom is 0.426 e. The van der Waals surface area contributed by atoms with Crippen LogP contribution in [0.25, 0.3) is 11.6 Å². The first kappa shape index (κ1) is 36.5. The zero-order valence-corrected chi connectivity index (χ0v) is 26.2. The standard InChI is InChI=1S/C29H32F6N4O6S/c1-7-14-27(29(33,34)35,43-16-18-12-10-9-11-13-18)24-39-38-22(44-24)21-20(36-25(40)45-26(4,5)6)15-19(28(30,31)32)23(37-21)46(41,42)17(3)8-2/h7,9-13,15,17H,1,8,14,16H2,2-6H3,(H,36,40). The van der Waals surface area contributed by atoms with Crippen LogP contribution in [0.5, 0.6) is 0 Å². The second-order valence-corrected chi connectivity index (χ2v) is 13.4. The Morgan fingerprint density at radius 3 is 2.24 bits per heavy atom. The average Bonchev–Trinajstić information content (AvgIpc) is 3.43. The predicted molar refractivity (Wildman–Crippen MR) is 153 cm³/mol. The molecule has 0 aliphatic rings. The molecule has 0 radical (unpaired) electrons. The molecule has 0 saturated heterocycles. The fraction of sp³-hybridized carbons (Fsp3) is 0.448. The number of hydrogen-bond acceptors (Lipinski definition) is 9. The molecular formula is C29H32F6N4O6S. The van der Waals surface area contributed by atoms with Crippen LogP contribution in [0.1, 0.15) is 64.5 Å². The number of ether oxygens (including phenoxy) is 2. The molecule has 0 aliphatic carbocycles. The zero-order valence-electron chi connectivity index (χ0n) is 25.4. The smallest absolute Gasteiger partial charge is 0.426 e. The van der Waals surface area contributed by atoms with E-state index in [4.69, 9.17) is 13.9 Å². The van der Waals surface area contributed by atoms with Crippen LogP contribution < -0.4 is 5.32 Å². The second-order valence-electron chi connectivity index (χ2n) is 11.1. The largest absolute Gasteiger partial charge is 0.444 e. The lowest BCUT2D eigenvalue weighted by Crippen LogP contribution is -2.45. The van der Waals surface area contributed by atoms with Gasteiger partial charge in [0.2, 0.25) is 5.60 Å². The topological polar surface area (TPSA) is 134 Å². The van der Waals surface area contributed by atoms with Crippen molar-refractivity contribution in [2.45, 2.75) is 87.9 Å². The SMILES string of the molecule is C=CCC(OCc1ccccc1)(c1nnc(-c2nc(S(=O)(=O)C(C)CC)c(C(F)(F)F)cc2NC(=O)OC(C)(C)C)o1)C(F)(F)F. The molecule has 3 rings (SSSR count). The predicted octanol–water partition coefficient (Wildman–Crippen LogP) is 7.62. The van der Waals surface area contributed by atoms with Crippen LogP contribution >= 0.6 is 0 Å². The van der Waals surface area contributed by atoms with Gasteiger partial charge >= 0.3 is 18.4 Å². The van der Waals surface area contributed by atoms with E-state index >= 15 is 0 Å². The molecule has 0 bridgehead atoms. The van der Waals surface area contributed by atoms with Gasteiger partial charge < -0.3 is 13.9 Å². The van der Waals surface area contributed by atoms with Crippen LogP contribution in [0, 0.1) is 0 Å². The van der Waals surface area contributed by atoms with Crippen molar-refractivity contribution in [1.82, 2.24) is 15.2 Å². The molecule has 2 atom stereocenters. The highest BCUT2D eigenvalue weighted by molar-refractivity contribution is 7.92. The van der Waals surface area contributed by atoms with Gasteiger partial charge in [-0.3, -0.25) is 5.32 Å². The van der Waals surface area contributed by atoms with Gasteiger partial charge in [0.25, 0.3) is 11.8 Å². The minimum absolute atomic E-state index is 0.104. The summed E-state index contributed by atoms with van der Waals surface area (Å²) in [5.74, 6) is -2.13. The molecule has 0 saturated carbocycles. The van der Waals surface area contributed by atoms with Crippen LogP contribution in [-0.2, 0) is 37.7 Å². The van der Waals surface area contributed by atoms with E-state index in [2.05, 4.69) is 21.8 Å². The number of anilines is 1. The number of amides is 1. The van der Waals surface area contributed by atoms with Crippen molar-refractivity contribution in [1.29, 1.82) is 0 Å². The number of nitrogens with one attached hydrogen (secondary N) is 1. The van der Waals surface area contributed by atoms with Crippen LogP contribution in [0.3, 0.4) is 0 Å². The van der Waals surface area contributed by atoms with Gasteiger partial charge in [0.05, 0.1) is 23.1 Å². The van der Waals surface area contributed by atoms with E-state index in [9.17, 15) is 39.6 Å². The number of carbonyl (C=O) groups is 1. The highest BCUT2D eigenvalue weighted by atomic mass is 32.2. The highest BCUT2D eigenvalue weighted by Crippen LogP contribution is 2.46. The summed E-state index contributed by atoms with van der Waals surface area (Å²) in [6, 6.07) is 8.07. The molecule has 252 valence electrons. The van der Waals surface area contributed by atoms with E-state index < -0.39 is 91.5 Å². The summed E-state index contributed by atoms with van der Waals surface area (Å²) in [5, 5.41) is 6.28. The molecule has 0 spiro atoms. The summed E-state index contributed by atoms with van der Waals surface area (Å²) in [5.41, 5.74) is -7.50. The Labute approximate surface area is 261 Å². The van der Waals surface area contributed by atoms with Crippen LogP contribution in [0.4, 0.5) is 36.8 Å². The van der Waals surface area contributed by atoms with E-state index in [0.717, 1.165) is 13.0 Å². The molecule has 2 aromatic heterocycles. The molecular weight excluding hydrogens is 646 g/mol. The van der Waals surface area contributed by atoms with E-state index in [1.807, 2.05) is 5.32 Å². The normalized spacial score (nSPS) is 14.8. The van der Waals surface area contributed by atoms with Crippen molar-refractivity contribution in [3.05, 3.63) is 66.1 Å². The van der Waals surface area contributed by atoms with Crippen molar-refractivity contribution in [3.63, 3.8) is 0 Å². The molecule has 17 heteroatoms. The third kappa shape index (κ3) is 8.04. The summed E-state index contributed by atoms with van der Waals surface area (Å²) in [4.78, 5) is 16.3. The van der Waals surface area contributed by atoms with Gasteiger partial charge in [-0.1, -0.05) is 43.3 Å². The summed E-state index contributed by atoms with van der Waals surface area (Å²) in [6.07, 6.45) is -11.9. The zero-order chi connectivity index (χ0) is 34.7. The number of carbonyl (C=O) groups excluding carboxylic acids is 1. The molecule has 2 unspecified atom stereocenters. The molecule has 0 fully saturated rings. The second kappa shape index (κ2) is 13.4. The van der Waals surface area contributed by atoms with Crippen LogP contribution in [0.2, 0.25) is 0 Å². The highest BCUT2D eigenvalue weighted by Gasteiger charge is 2.61. The van der Waals surface area contributed by atoms with Gasteiger partial charge in [0.1, 0.15) is 5.60 Å². The minimum atomic E-state index is -5.30. The monoisotopic (exact) mass is 678 g/mol. The average molecular weight is 679 g/mol. The van der Waals surface area contributed by atoms with Crippen LogP contribution in [-0.4, -0.2) is 46.7 Å². The number of hydrogen-bond donors (Lipinski definition) is 1. The Hall–Kier alpha value is -3.99. The molecule has 10 nitrogen and oxygen atoms in total. The summed E-state index contributed by atoms with van der Waals surface area (Å²) < 4.78 is 129. The van der Waals surface area contributed by atoms with Gasteiger partial charge in [0, 0.05) is 6.42 Å². The van der Waals surface area contributed by atoms with E-state index in [0.29, 0.717) is 5.56 Å². The van der Waals surface area contributed by atoms with E-state index in [1.54, 1.807) is 18.2 Å². The number of aromatic nitrogens is 3. The molecule has 2 heterocycles. The van der Waals surface area contributed by atoms with Gasteiger partial charge in [-0.05, 0) is 45.7 Å². The van der Waals surface area contributed by atoms with Crippen molar-refractivity contribution >= 4 is 21.6 Å². The first-order valence-corrected chi connectivity index (χ1v) is 15.3. The number of sulfone groups is 1. The van der Waals surface area contributed by atoms with Gasteiger partial charge in [-0.15, -0.1) is 16.8 Å². The first-order valence-electron chi connectivity index (χ1n) is 13.7. The summed E-state index contributed by atoms with van der Waals surface area (Å²) in [7, 11) is -4.78. The lowest BCUT2D eigenvalue weighted by molar-refractivity contribution is -0.295. The van der Waals surface area contributed by atoms with Gasteiger partial charge in [0.15, 0.2) is 20.6 Å².